The first-order chi connectivity index (χ1) is 9.00. The van der Waals surface area contributed by atoms with Gasteiger partial charge in [-0.15, -0.1) is 0 Å². The minimum absolute atomic E-state index is 0.172. The lowest BCUT2D eigenvalue weighted by Gasteiger charge is -2.25. The van der Waals surface area contributed by atoms with Crippen LogP contribution in [0.25, 0.3) is 0 Å². The number of halogens is 3. The van der Waals surface area contributed by atoms with Gasteiger partial charge in [0.05, 0.1) is 5.56 Å². The molecule has 1 aromatic carbocycles. The van der Waals surface area contributed by atoms with Crippen molar-refractivity contribution < 1.29 is 13.2 Å². The van der Waals surface area contributed by atoms with E-state index in [9.17, 15) is 13.2 Å². The lowest BCUT2D eigenvalue weighted by atomic mass is 9.85. The summed E-state index contributed by atoms with van der Waals surface area (Å²) in [6.45, 7) is 0. The number of nitrogens with two attached hydrogens (primary N) is 1. The molecular formula is C15H20F3N. The fraction of sp³-hybridized carbons (Fsp3) is 0.600. The standard InChI is InChI=1S/C15H20F3N/c16-15(17,18)13-10-6-5-9-12(13)14(19)11-7-3-1-2-4-8-11/h5-6,9-11,14H,1-4,7-8,19H2. The van der Waals surface area contributed by atoms with Crippen molar-refractivity contribution in [1.29, 1.82) is 0 Å². The Balaban J connectivity index is 2.25. The van der Waals surface area contributed by atoms with Gasteiger partial charge in [-0.2, -0.15) is 13.2 Å². The zero-order valence-electron chi connectivity index (χ0n) is 10.9. The second kappa shape index (κ2) is 5.95. The summed E-state index contributed by atoms with van der Waals surface area (Å²) in [5.74, 6) is 0.172. The SMILES string of the molecule is NC(c1ccccc1C(F)(F)F)C1CCCCCC1. The minimum atomic E-state index is -4.32. The molecule has 0 saturated heterocycles. The molecule has 19 heavy (non-hydrogen) atoms. The molecule has 0 aromatic heterocycles. The number of rotatable bonds is 2. The molecule has 106 valence electrons. The van der Waals surface area contributed by atoms with Gasteiger partial charge in [-0.25, -0.2) is 0 Å². The fourth-order valence-electron chi connectivity index (χ4n) is 2.97. The van der Waals surface area contributed by atoms with E-state index in [1.165, 1.54) is 25.0 Å². The molecule has 4 heteroatoms. The van der Waals surface area contributed by atoms with E-state index in [4.69, 9.17) is 5.73 Å². The minimum Gasteiger partial charge on any atom is -0.324 e. The van der Waals surface area contributed by atoms with Gasteiger partial charge in [0.25, 0.3) is 0 Å². The van der Waals surface area contributed by atoms with Crippen molar-refractivity contribution in [3.05, 3.63) is 35.4 Å². The molecule has 0 bridgehead atoms. The van der Waals surface area contributed by atoms with Crippen molar-refractivity contribution in [3.63, 3.8) is 0 Å². The highest BCUT2D eigenvalue weighted by molar-refractivity contribution is 5.32. The van der Waals surface area contributed by atoms with Crippen LogP contribution >= 0.6 is 0 Å². The van der Waals surface area contributed by atoms with Crippen LogP contribution < -0.4 is 5.73 Å². The summed E-state index contributed by atoms with van der Waals surface area (Å²) in [5, 5.41) is 0. The molecule has 0 amide bonds. The van der Waals surface area contributed by atoms with Crippen molar-refractivity contribution in [2.75, 3.05) is 0 Å². The quantitative estimate of drug-likeness (QED) is 0.777. The third-order valence-electron chi connectivity index (χ3n) is 4.03. The Hall–Kier alpha value is -1.03. The van der Waals surface area contributed by atoms with Gasteiger partial charge >= 0.3 is 6.18 Å². The van der Waals surface area contributed by atoms with Crippen molar-refractivity contribution in [1.82, 2.24) is 0 Å². The Morgan fingerprint density at radius 2 is 1.58 bits per heavy atom. The molecule has 0 spiro atoms. The van der Waals surface area contributed by atoms with E-state index >= 15 is 0 Å². The summed E-state index contributed by atoms with van der Waals surface area (Å²) in [6, 6.07) is 5.22. The fourth-order valence-corrected chi connectivity index (χ4v) is 2.97. The first kappa shape index (κ1) is 14.4. The van der Waals surface area contributed by atoms with Crippen LogP contribution in [0.5, 0.6) is 0 Å². The Labute approximate surface area is 112 Å². The molecule has 0 aliphatic heterocycles. The predicted octanol–water partition coefficient (Wildman–Crippen LogP) is 4.68. The normalized spacial score (nSPS) is 20.0. The highest BCUT2D eigenvalue weighted by Gasteiger charge is 2.35. The maximum atomic E-state index is 13.0. The molecule has 1 fully saturated rings. The average Bonchev–Trinajstić information content (AvgIpc) is 2.66. The van der Waals surface area contributed by atoms with Crippen molar-refractivity contribution in [2.45, 2.75) is 50.7 Å². The molecular weight excluding hydrogens is 251 g/mol. The van der Waals surface area contributed by atoms with Gasteiger partial charge in [-0.05, 0) is 30.4 Å². The van der Waals surface area contributed by atoms with Gasteiger partial charge in [0.1, 0.15) is 0 Å². The summed E-state index contributed by atoms with van der Waals surface area (Å²) >= 11 is 0. The molecule has 2 N–H and O–H groups in total. The lowest BCUT2D eigenvalue weighted by molar-refractivity contribution is -0.138. The van der Waals surface area contributed by atoms with Gasteiger partial charge in [-0.3, -0.25) is 0 Å². The highest BCUT2D eigenvalue weighted by Crippen LogP contribution is 2.38. The molecule has 1 atom stereocenters. The molecule has 1 aromatic rings. The molecule has 1 aliphatic carbocycles. The van der Waals surface area contributed by atoms with Crippen LogP contribution in [-0.2, 0) is 6.18 Å². The third kappa shape index (κ3) is 3.50. The van der Waals surface area contributed by atoms with E-state index in [2.05, 4.69) is 0 Å². The van der Waals surface area contributed by atoms with E-state index in [1.54, 1.807) is 6.07 Å². The van der Waals surface area contributed by atoms with Crippen LogP contribution in [-0.4, -0.2) is 0 Å². The van der Waals surface area contributed by atoms with E-state index in [-0.39, 0.29) is 11.5 Å². The van der Waals surface area contributed by atoms with Gasteiger partial charge in [0.2, 0.25) is 0 Å². The summed E-state index contributed by atoms with van der Waals surface area (Å²) in [6.07, 6.45) is 2.05. The first-order valence-corrected chi connectivity index (χ1v) is 6.92. The maximum absolute atomic E-state index is 13.0. The predicted molar refractivity (Wildman–Crippen MR) is 69.6 cm³/mol. The second-order valence-corrected chi connectivity index (χ2v) is 5.36. The molecule has 1 nitrogen and oxygen atoms in total. The van der Waals surface area contributed by atoms with Crippen LogP contribution in [0.15, 0.2) is 24.3 Å². The Morgan fingerprint density at radius 1 is 1.00 bits per heavy atom. The van der Waals surface area contributed by atoms with Crippen LogP contribution in [0, 0.1) is 5.92 Å². The molecule has 1 saturated carbocycles. The van der Waals surface area contributed by atoms with Gasteiger partial charge in [-0.1, -0.05) is 43.9 Å². The van der Waals surface area contributed by atoms with Crippen LogP contribution in [0.1, 0.15) is 55.7 Å². The molecule has 2 rings (SSSR count). The summed E-state index contributed by atoms with van der Waals surface area (Å²) < 4.78 is 39.0. The lowest BCUT2D eigenvalue weighted by Crippen LogP contribution is -2.24. The van der Waals surface area contributed by atoms with Gasteiger partial charge in [0.15, 0.2) is 0 Å². The smallest absolute Gasteiger partial charge is 0.324 e. The van der Waals surface area contributed by atoms with E-state index in [1.807, 2.05) is 0 Å². The van der Waals surface area contributed by atoms with E-state index in [0.717, 1.165) is 31.7 Å². The first-order valence-electron chi connectivity index (χ1n) is 6.92. The van der Waals surface area contributed by atoms with Crippen LogP contribution in [0.3, 0.4) is 0 Å². The highest BCUT2D eigenvalue weighted by atomic mass is 19.4. The molecule has 1 aliphatic rings. The van der Waals surface area contributed by atoms with Gasteiger partial charge in [0, 0.05) is 6.04 Å². The number of hydrogen-bond donors (Lipinski definition) is 1. The number of alkyl halides is 3. The zero-order valence-corrected chi connectivity index (χ0v) is 10.9. The topological polar surface area (TPSA) is 26.0 Å². The van der Waals surface area contributed by atoms with Crippen LogP contribution in [0.4, 0.5) is 13.2 Å². The molecule has 1 unspecified atom stereocenters. The number of hydrogen-bond acceptors (Lipinski definition) is 1. The van der Waals surface area contributed by atoms with Crippen molar-refractivity contribution in [2.24, 2.45) is 11.7 Å². The summed E-state index contributed by atoms with van der Waals surface area (Å²) in [7, 11) is 0. The third-order valence-corrected chi connectivity index (χ3v) is 4.03. The van der Waals surface area contributed by atoms with E-state index < -0.39 is 17.8 Å². The second-order valence-electron chi connectivity index (χ2n) is 5.36. The largest absolute Gasteiger partial charge is 0.416 e. The molecule has 0 radical (unpaired) electrons. The monoisotopic (exact) mass is 271 g/mol. The Morgan fingerprint density at radius 3 is 2.16 bits per heavy atom. The Kier molecular flexibility index (Phi) is 4.50. The van der Waals surface area contributed by atoms with Crippen molar-refractivity contribution in [3.8, 4) is 0 Å². The Bertz CT molecular complexity index is 406. The van der Waals surface area contributed by atoms with E-state index in [0.29, 0.717) is 0 Å². The zero-order chi connectivity index (χ0) is 13.9. The summed E-state index contributed by atoms with van der Waals surface area (Å²) in [5.41, 5.74) is 5.81. The average molecular weight is 271 g/mol. The number of benzene rings is 1. The molecule has 0 heterocycles. The van der Waals surface area contributed by atoms with Crippen molar-refractivity contribution >= 4 is 0 Å². The van der Waals surface area contributed by atoms with Crippen LogP contribution in [0.2, 0.25) is 0 Å². The maximum Gasteiger partial charge on any atom is 0.416 e. The summed E-state index contributed by atoms with van der Waals surface area (Å²) in [4.78, 5) is 0. The van der Waals surface area contributed by atoms with Gasteiger partial charge < -0.3 is 5.73 Å².